The highest BCUT2D eigenvalue weighted by Gasteiger charge is 2.22. The molecule has 2 aromatic rings. The van der Waals surface area contributed by atoms with Crippen LogP contribution in [-0.2, 0) is 14.8 Å². The van der Waals surface area contributed by atoms with Crippen molar-refractivity contribution in [2.45, 2.75) is 31.7 Å². The molecule has 0 fully saturated rings. The van der Waals surface area contributed by atoms with Gasteiger partial charge < -0.3 is 14.8 Å². The van der Waals surface area contributed by atoms with Crippen molar-refractivity contribution < 1.29 is 27.5 Å². The minimum atomic E-state index is -3.93. The number of Topliss-reactive ketones (excluding diaryl/α,β-unsaturated/α-hetero) is 1. The van der Waals surface area contributed by atoms with Gasteiger partial charge >= 0.3 is 0 Å². The molecule has 29 heavy (non-hydrogen) atoms. The molecule has 0 aromatic heterocycles. The summed E-state index contributed by atoms with van der Waals surface area (Å²) in [6.45, 7) is 5.14. The first kappa shape index (κ1) is 22.4. The van der Waals surface area contributed by atoms with E-state index in [9.17, 15) is 18.0 Å². The molecular weight excluding hydrogens is 396 g/mol. The number of carbonyl (C=O) groups is 2. The Hall–Kier alpha value is -2.91. The summed E-state index contributed by atoms with van der Waals surface area (Å²) >= 11 is 0. The maximum atomic E-state index is 12.5. The first-order valence-electron chi connectivity index (χ1n) is 8.93. The van der Waals surface area contributed by atoms with Crippen LogP contribution in [0.4, 0.5) is 5.69 Å². The second-order valence-corrected chi connectivity index (χ2v) is 7.93. The number of nitrogens with one attached hydrogen (secondary N) is 2. The third kappa shape index (κ3) is 5.78. The number of amides is 1. The largest absolute Gasteiger partial charge is 0.493 e. The smallest absolute Gasteiger partial charge is 0.242 e. The van der Waals surface area contributed by atoms with Gasteiger partial charge in [0.2, 0.25) is 15.9 Å². The molecule has 0 bridgehead atoms. The van der Waals surface area contributed by atoms with Gasteiger partial charge in [-0.1, -0.05) is 12.1 Å². The molecule has 156 valence electrons. The SMILES string of the molecule is CCOc1ccc(NC(=O)[C@H](C)NS(=O)(=O)c2ccc(C(C)=O)cc2)cc1OC. The van der Waals surface area contributed by atoms with Crippen LogP contribution in [0.5, 0.6) is 11.5 Å². The lowest BCUT2D eigenvalue weighted by molar-refractivity contribution is -0.117. The average molecular weight is 420 g/mol. The van der Waals surface area contributed by atoms with E-state index in [0.29, 0.717) is 29.4 Å². The molecule has 2 rings (SSSR count). The van der Waals surface area contributed by atoms with Crippen LogP contribution < -0.4 is 19.5 Å². The number of anilines is 1. The molecule has 0 unspecified atom stereocenters. The Balaban J connectivity index is 2.09. The maximum Gasteiger partial charge on any atom is 0.242 e. The van der Waals surface area contributed by atoms with Gasteiger partial charge in [0.05, 0.1) is 24.7 Å². The number of carbonyl (C=O) groups excluding carboxylic acids is 2. The van der Waals surface area contributed by atoms with Crippen LogP contribution in [0.1, 0.15) is 31.1 Å². The first-order chi connectivity index (χ1) is 13.7. The first-order valence-corrected chi connectivity index (χ1v) is 10.4. The number of hydrogen-bond donors (Lipinski definition) is 2. The van der Waals surface area contributed by atoms with Gasteiger partial charge in [-0.15, -0.1) is 0 Å². The monoisotopic (exact) mass is 420 g/mol. The van der Waals surface area contributed by atoms with E-state index in [-0.39, 0.29) is 10.7 Å². The standard InChI is InChI=1S/C20H24N2O6S/c1-5-28-18-11-8-16(12-19(18)27-4)21-20(24)13(2)22-29(25,26)17-9-6-15(7-10-17)14(3)23/h6-13,22H,5H2,1-4H3,(H,21,24)/t13-/m0/s1. The maximum absolute atomic E-state index is 12.5. The lowest BCUT2D eigenvalue weighted by Gasteiger charge is -2.16. The Labute approximate surface area is 170 Å². The molecule has 2 N–H and O–H groups in total. The van der Waals surface area contributed by atoms with Crippen LogP contribution >= 0.6 is 0 Å². The molecule has 8 nitrogen and oxygen atoms in total. The minimum absolute atomic E-state index is 0.0371. The van der Waals surface area contributed by atoms with Crippen LogP contribution in [0.25, 0.3) is 0 Å². The van der Waals surface area contributed by atoms with Crippen molar-refractivity contribution in [1.29, 1.82) is 0 Å². The normalized spacial score (nSPS) is 12.1. The van der Waals surface area contributed by atoms with Crippen molar-refractivity contribution in [1.82, 2.24) is 4.72 Å². The Bertz CT molecular complexity index is 987. The van der Waals surface area contributed by atoms with E-state index < -0.39 is 22.0 Å². The Kier molecular flexibility index (Phi) is 7.35. The average Bonchev–Trinajstić information content (AvgIpc) is 2.68. The van der Waals surface area contributed by atoms with Crippen molar-refractivity contribution in [2.24, 2.45) is 0 Å². The molecule has 0 heterocycles. The number of hydrogen-bond acceptors (Lipinski definition) is 6. The number of ether oxygens (including phenoxy) is 2. The molecule has 0 aliphatic rings. The molecule has 0 aliphatic heterocycles. The lowest BCUT2D eigenvalue weighted by Crippen LogP contribution is -2.41. The summed E-state index contributed by atoms with van der Waals surface area (Å²) in [7, 11) is -2.45. The van der Waals surface area contributed by atoms with Crippen LogP contribution in [0.3, 0.4) is 0 Å². The highest BCUT2D eigenvalue weighted by Crippen LogP contribution is 2.30. The van der Waals surface area contributed by atoms with Crippen LogP contribution in [-0.4, -0.2) is 39.9 Å². The summed E-state index contributed by atoms with van der Waals surface area (Å²) in [6, 6.07) is 9.33. The fraction of sp³-hybridized carbons (Fsp3) is 0.300. The van der Waals surface area contributed by atoms with Gasteiger partial charge in [0.1, 0.15) is 0 Å². The number of rotatable bonds is 9. The number of methoxy groups -OCH3 is 1. The van der Waals surface area contributed by atoms with Gasteiger partial charge in [-0.3, -0.25) is 9.59 Å². The number of ketones is 1. The Morgan fingerprint density at radius 1 is 1.07 bits per heavy atom. The van der Waals surface area contributed by atoms with Crippen LogP contribution in [0.2, 0.25) is 0 Å². The lowest BCUT2D eigenvalue weighted by atomic mass is 10.2. The van der Waals surface area contributed by atoms with Crippen LogP contribution in [0.15, 0.2) is 47.4 Å². The van der Waals surface area contributed by atoms with Crippen molar-refractivity contribution in [3.63, 3.8) is 0 Å². The Morgan fingerprint density at radius 3 is 2.28 bits per heavy atom. The molecule has 0 saturated heterocycles. The van der Waals surface area contributed by atoms with E-state index in [1.165, 1.54) is 45.2 Å². The topological polar surface area (TPSA) is 111 Å². The predicted octanol–water partition coefficient (Wildman–Crippen LogP) is 2.60. The molecule has 0 aliphatic carbocycles. The molecule has 0 saturated carbocycles. The van der Waals surface area contributed by atoms with Gasteiger partial charge in [-0.05, 0) is 45.0 Å². The Morgan fingerprint density at radius 2 is 1.72 bits per heavy atom. The van der Waals surface area contributed by atoms with Crippen LogP contribution in [0, 0.1) is 0 Å². The van der Waals surface area contributed by atoms with Gasteiger partial charge in [-0.25, -0.2) is 8.42 Å². The highest BCUT2D eigenvalue weighted by atomic mass is 32.2. The zero-order valence-electron chi connectivity index (χ0n) is 16.7. The van der Waals surface area contributed by atoms with E-state index in [1.54, 1.807) is 18.2 Å². The summed E-state index contributed by atoms with van der Waals surface area (Å²) in [5, 5.41) is 2.64. The second kappa shape index (κ2) is 9.53. The zero-order chi connectivity index (χ0) is 21.6. The van der Waals surface area contributed by atoms with E-state index in [0.717, 1.165) is 0 Å². The molecule has 2 aromatic carbocycles. The second-order valence-electron chi connectivity index (χ2n) is 6.21. The highest BCUT2D eigenvalue weighted by molar-refractivity contribution is 7.89. The van der Waals surface area contributed by atoms with Crippen molar-refractivity contribution in [3.8, 4) is 11.5 Å². The van der Waals surface area contributed by atoms with E-state index in [2.05, 4.69) is 10.0 Å². The summed E-state index contributed by atoms with van der Waals surface area (Å²) in [5.74, 6) is 0.278. The molecule has 0 spiro atoms. The van der Waals surface area contributed by atoms with Crippen molar-refractivity contribution in [3.05, 3.63) is 48.0 Å². The van der Waals surface area contributed by atoms with Gasteiger partial charge in [0.15, 0.2) is 17.3 Å². The third-order valence-electron chi connectivity index (χ3n) is 4.03. The van der Waals surface area contributed by atoms with E-state index in [4.69, 9.17) is 9.47 Å². The number of sulfonamides is 1. The van der Waals surface area contributed by atoms with Gasteiger partial charge in [0, 0.05) is 17.3 Å². The summed E-state index contributed by atoms with van der Waals surface area (Å²) in [6.07, 6.45) is 0. The molecular formula is C20H24N2O6S. The quantitative estimate of drug-likeness (QED) is 0.603. The number of benzene rings is 2. The molecule has 9 heteroatoms. The van der Waals surface area contributed by atoms with E-state index >= 15 is 0 Å². The molecule has 1 amide bonds. The van der Waals surface area contributed by atoms with Gasteiger partial charge in [0.25, 0.3) is 0 Å². The molecule has 1 atom stereocenters. The predicted molar refractivity (Wildman–Crippen MR) is 109 cm³/mol. The van der Waals surface area contributed by atoms with Crippen molar-refractivity contribution >= 4 is 27.4 Å². The van der Waals surface area contributed by atoms with E-state index in [1.807, 2.05) is 6.92 Å². The third-order valence-corrected chi connectivity index (χ3v) is 5.58. The van der Waals surface area contributed by atoms with Gasteiger partial charge in [-0.2, -0.15) is 4.72 Å². The fourth-order valence-electron chi connectivity index (χ4n) is 2.49. The summed E-state index contributed by atoms with van der Waals surface area (Å²) in [5.41, 5.74) is 0.839. The summed E-state index contributed by atoms with van der Waals surface area (Å²) < 4.78 is 37.9. The minimum Gasteiger partial charge on any atom is -0.493 e. The molecule has 0 radical (unpaired) electrons. The fourth-order valence-corrected chi connectivity index (χ4v) is 3.70. The zero-order valence-corrected chi connectivity index (χ0v) is 17.5. The van der Waals surface area contributed by atoms with Crippen molar-refractivity contribution in [2.75, 3.05) is 19.0 Å². The summed E-state index contributed by atoms with van der Waals surface area (Å²) in [4.78, 5) is 23.7.